The maximum Gasteiger partial charge on any atom is 0.224 e. The predicted octanol–water partition coefficient (Wildman–Crippen LogP) is 3.79. The van der Waals surface area contributed by atoms with E-state index in [1.54, 1.807) is 0 Å². The van der Waals surface area contributed by atoms with Crippen molar-refractivity contribution >= 4 is 17.3 Å². The normalized spacial score (nSPS) is 25.2. The highest BCUT2D eigenvalue weighted by Crippen LogP contribution is 2.58. The summed E-state index contributed by atoms with van der Waals surface area (Å²) in [6, 6.07) is 8.54. The molecule has 2 N–H and O–H groups in total. The molecule has 2 saturated carbocycles. The van der Waals surface area contributed by atoms with Crippen LogP contribution in [0.25, 0.3) is 0 Å². The Morgan fingerprint density at radius 1 is 1.23 bits per heavy atom. The van der Waals surface area contributed by atoms with Gasteiger partial charge in [0.1, 0.15) is 0 Å². The summed E-state index contributed by atoms with van der Waals surface area (Å²) in [4.78, 5) is 11.4. The zero-order valence-corrected chi connectivity index (χ0v) is 13.5. The van der Waals surface area contributed by atoms with E-state index in [0.717, 1.165) is 24.4 Å². The van der Waals surface area contributed by atoms with Crippen molar-refractivity contribution in [1.82, 2.24) is 0 Å². The molecule has 1 aromatic carbocycles. The average Bonchev–Trinajstić information content (AvgIpc) is 2.46. The second kappa shape index (κ2) is 6.29. The molecule has 1 amide bonds. The van der Waals surface area contributed by atoms with E-state index in [4.69, 9.17) is 4.74 Å². The van der Waals surface area contributed by atoms with Crippen molar-refractivity contribution < 1.29 is 9.53 Å². The van der Waals surface area contributed by atoms with E-state index >= 15 is 0 Å². The average molecular weight is 302 g/mol. The molecule has 2 aliphatic rings. The van der Waals surface area contributed by atoms with Gasteiger partial charge in [0.05, 0.1) is 6.10 Å². The second-order valence-electron chi connectivity index (χ2n) is 6.44. The molecule has 0 saturated heterocycles. The molecule has 3 rings (SSSR count). The summed E-state index contributed by atoms with van der Waals surface area (Å²) >= 11 is 0. The van der Waals surface area contributed by atoms with Gasteiger partial charge in [-0.15, -0.1) is 0 Å². The van der Waals surface area contributed by atoms with E-state index in [9.17, 15) is 4.79 Å². The van der Waals surface area contributed by atoms with Gasteiger partial charge in [0.25, 0.3) is 0 Å². The van der Waals surface area contributed by atoms with E-state index in [1.807, 2.05) is 31.2 Å². The quantitative estimate of drug-likeness (QED) is 0.840. The number of carbonyl (C=O) groups is 1. The molecule has 0 aromatic heterocycles. The van der Waals surface area contributed by atoms with Crippen LogP contribution in [0.3, 0.4) is 0 Å². The van der Waals surface area contributed by atoms with Gasteiger partial charge in [0.2, 0.25) is 5.91 Å². The first kappa shape index (κ1) is 15.3. The summed E-state index contributed by atoms with van der Waals surface area (Å²) < 4.78 is 5.89. The van der Waals surface area contributed by atoms with Crippen molar-refractivity contribution in [3.63, 3.8) is 0 Å². The lowest BCUT2D eigenvalue weighted by Crippen LogP contribution is -2.64. The van der Waals surface area contributed by atoms with Gasteiger partial charge in [-0.25, -0.2) is 0 Å². The van der Waals surface area contributed by atoms with Crippen molar-refractivity contribution in [3.05, 3.63) is 24.3 Å². The molecule has 4 heteroatoms. The molecule has 1 spiro atoms. The molecule has 2 atom stereocenters. The van der Waals surface area contributed by atoms with Crippen LogP contribution >= 0.6 is 0 Å². The largest absolute Gasteiger partial charge is 0.382 e. The molecule has 0 bridgehead atoms. The fourth-order valence-electron chi connectivity index (χ4n) is 3.74. The molecule has 1 aromatic rings. The standard InChI is InChI=1S/C18H26N2O2/c1-3-17(21)20-14-8-6-13(7-9-14)19-15-12-16(22-4-2)18(15)10-5-11-18/h6-9,15-16,19H,3-5,10-12H2,1-2H3,(H,20,21)/t15-,16-/m1/s1. The fourth-order valence-corrected chi connectivity index (χ4v) is 3.74. The third-order valence-electron chi connectivity index (χ3n) is 5.27. The molecule has 0 aliphatic heterocycles. The lowest BCUT2D eigenvalue weighted by molar-refractivity contribution is -0.157. The third-order valence-corrected chi connectivity index (χ3v) is 5.27. The van der Waals surface area contributed by atoms with Crippen molar-refractivity contribution in [2.24, 2.45) is 5.41 Å². The maximum atomic E-state index is 11.4. The van der Waals surface area contributed by atoms with Crippen LogP contribution in [0.4, 0.5) is 11.4 Å². The van der Waals surface area contributed by atoms with Crippen LogP contribution in [-0.2, 0) is 9.53 Å². The Morgan fingerprint density at radius 3 is 2.45 bits per heavy atom. The summed E-state index contributed by atoms with van der Waals surface area (Å²) in [5, 5.41) is 6.54. The van der Waals surface area contributed by atoms with E-state index in [0.29, 0.717) is 24.0 Å². The first-order valence-electron chi connectivity index (χ1n) is 8.46. The number of rotatable bonds is 6. The van der Waals surface area contributed by atoms with E-state index in [1.165, 1.54) is 19.3 Å². The summed E-state index contributed by atoms with van der Waals surface area (Å²) in [5.41, 5.74) is 2.35. The first-order chi connectivity index (χ1) is 10.7. The maximum absolute atomic E-state index is 11.4. The molecule has 4 nitrogen and oxygen atoms in total. The lowest BCUT2D eigenvalue weighted by Gasteiger charge is -2.61. The molecular weight excluding hydrogens is 276 g/mol. The number of nitrogens with one attached hydrogen (secondary N) is 2. The Kier molecular flexibility index (Phi) is 4.39. The van der Waals surface area contributed by atoms with E-state index in [-0.39, 0.29) is 5.91 Å². The highest BCUT2D eigenvalue weighted by Gasteiger charge is 2.58. The number of hydrogen-bond donors (Lipinski definition) is 2. The number of benzene rings is 1. The van der Waals surface area contributed by atoms with Gasteiger partial charge in [-0.05, 0) is 50.5 Å². The Bertz CT molecular complexity index is 522. The molecule has 0 radical (unpaired) electrons. The Hall–Kier alpha value is -1.55. The van der Waals surface area contributed by atoms with Crippen molar-refractivity contribution in [2.45, 2.75) is 58.1 Å². The van der Waals surface area contributed by atoms with Crippen LogP contribution in [0.15, 0.2) is 24.3 Å². The third kappa shape index (κ3) is 2.72. The van der Waals surface area contributed by atoms with Gasteiger partial charge >= 0.3 is 0 Å². The van der Waals surface area contributed by atoms with E-state index in [2.05, 4.69) is 17.6 Å². The summed E-state index contributed by atoms with van der Waals surface area (Å²) in [6.07, 6.45) is 5.92. The van der Waals surface area contributed by atoms with Crippen LogP contribution in [0.1, 0.15) is 46.0 Å². The molecule has 22 heavy (non-hydrogen) atoms. The van der Waals surface area contributed by atoms with Gasteiger partial charge in [-0.2, -0.15) is 0 Å². The Labute approximate surface area is 132 Å². The molecular formula is C18H26N2O2. The van der Waals surface area contributed by atoms with Crippen molar-refractivity contribution in [1.29, 1.82) is 0 Å². The number of hydrogen-bond acceptors (Lipinski definition) is 3. The fraction of sp³-hybridized carbons (Fsp3) is 0.611. The Balaban J connectivity index is 1.59. The number of anilines is 2. The van der Waals surface area contributed by atoms with Gasteiger partial charge < -0.3 is 15.4 Å². The minimum Gasteiger partial charge on any atom is -0.382 e. The highest BCUT2D eigenvalue weighted by molar-refractivity contribution is 5.90. The zero-order chi connectivity index (χ0) is 15.6. The van der Waals surface area contributed by atoms with Gasteiger partial charge in [-0.1, -0.05) is 13.3 Å². The molecule has 0 unspecified atom stereocenters. The van der Waals surface area contributed by atoms with Crippen LogP contribution in [0, 0.1) is 5.41 Å². The lowest BCUT2D eigenvalue weighted by atomic mass is 9.51. The van der Waals surface area contributed by atoms with Crippen molar-refractivity contribution in [2.75, 3.05) is 17.2 Å². The van der Waals surface area contributed by atoms with Gasteiger partial charge in [-0.3, -0.25) is 4.79 Å². The monoisotopic (exact) mass is 302 g/mol. The molecule has 2 fully saturated rings. The summed E-state index contributed by atoms with van der Waals surface area (Å²) in [5.74, 6) is 0.0488. The Morgan fingerprint density at radius 2 is 1.91 bits per heavy atom. The smallest absolute Gasteiger partial charge is 0.224 e. The predicted molar refractivity (Wildman–Crippen MR) is 89.1 cm³/mol. The molecule has 2 aliphatic carbocycles. The second-order valence-corrected chi connectivity index (χ2v) is 6.44. The number of carbonyl (C=O) groups excluding carboxylic acids is 1. The first-order valence-corrected chi connectivity index (χ1v) is 8.46. The summed E-state index contributed by atoms with van der Waals surface area (Å²) in [6.45, 7) is 4.75. The minimum absolute atomic E-state index is 0.0488. The SMILES string of the molecule is CCO[C@@H]1C[C@@H](Nc2ccc(NC(=O)CC)cc2)C12CCC2. The van der Waals surface area contributed by atoms with Gasteiger partial charge in [0.15, 0.2) is 0 Å². The molecule has 0 heterocycles. The molecule has 120 valence electrons. The summed E-state index contributed by atoms with van der Waals surface area (Å²) in [7, 11) is 0. The highest BCUT2D eigenvalue weighted by atomic mass is 16.5. The van der Waals surface area contributed by atoms with Crippen LogP contribution < -0.4 is 10.6 Å². The number of ether oxygens (including phenoxy) is 1. The number of amides is 1. The van der Waals surface area contributed by atoms with Crippen molar-refractivity contribution in [3.8, 4) is 0 Å². The van der Waals surface area contributed by atoms with Crippen LogP contribution in [0.2, 0.25) is 0 Å². The van der Waals surface area contributed by atoms with Crippen LogP contribution in [-0.4, -0.2) is 24.7 Å². The minimum atomic E-state index is 0.0488. The van der Waals surface area contributed by atoms with Gasteiger partial charge in [0, 0.05) is 35.9 Å². The topological polar surface area (TPSA) is 50.4 Å². The van der Waals surface area contributed by atoms with Crippen LogP contribution in [0.5, 0.6) is 0 Å². The zero-order valence-electron chi connectivity index (χ0n) is 13.5. The van der Waals surface area contributed by atoms with E-state index < -0.39 is 0 Å².